The molecule has 1 aromatic carbocycles. The first-order valence-electron chi connectivity index (χ1n) is 6.49. The maximum Gasteiger partial charge on any atom is 0.407 e. The van der Waals surface area contributed by atoms with E-state index in [1.807, 2.05) is 37.3 Å². The molecule has 0 heterocycles. The number of hydrogen-bond acceptors (Lipinski definition) is 3. The number of aliphatic hydroxyl groups is 1. The molecule has 0 bridgehead atoms. The summed E-state index contributed by atoms with van der Waals surface area (Å²) in [6.07, 6.45) is -0.505. The van der Waals surface area contributed by atoms with Crippen LogP contribution in [0.4, 0.5) is 4.79 Å². The quantitative estimate of drug-likeness (QED) is 0.880. The summed E-state index contributed by atoms with van der Waals surface area (Å²) in [4.78, 5) is 11.7. The van der Waals surface area contributed by atoms with Gasteiger partial charge in [0.15, 0.2) is 0 Å². The van der Waals surface area contributed by atoms with Crippen molar-refractivity contribution in [3.05, 3.63) is 35.9 Å². The topological polar surface area (TPSA) is 58.6 Å². The number of carbonyl (C=O) groups excluding carboxylic acids is 1. The molecule has 2 unspecified atom stereocenters. The predicted molar refractivity (Wildman–Crippen MR) is 75.1 cm³/mol. The van der Waals surface area contributed by atoms with Crippen molar-refractivity contribution in [3.63, 3.8) is 0 Å². The number of aliphatic hydroxyl groups excluding tert-OH is 1. The Morgan fingerprint density at radius 1 is 1.32 bits per heavy atom. The molecular weight excluding hydrogens is 242 g/mol. The van der Waals surface area contributed by atoms with E-state index in [9.17, 15) is 9.90 Å². The maximum atomic E-state index is 11.7. The number of carbonyl (C=O) groups is 1. The minimum Gasteiger partial charge on any atom is -0.444 e. The Hall–Kier alpha value is -1.55. The first-order valence-corrected chi connectivity index (χ1v) is 6.49. The van der Waals surface area contributed by atoms with Crippen LogP contribution in [-0.4, -0.2) is 29.4 Å². The summed E-state index contributed by atoms with van der Waals surface area (Å²) in [5.41, 5.74) is 0.526. The molecule has 106 valence electrons. The molecule has 0 spiro atoms. The summed E-state index contributed by atoms with van der Waals surface area (Å²) >= 11 is 0. The fourth-order valence-electron chi connectivity index (χ4n) is 1.78. The lowest BCUT2D eigenvalue weighted by Gasteiger charge is -2.26. The van der Waals surface area contributed by atoms with Crippen molar-refractivity contribution in [2.75, 3.05) is 6.61 Å². The smallest absolute Gasteiger partial charge is 0.407 e. The normalized spacial score (nSPS) is 14.6. The van der Waals surface area contributed by atoms with E-state index in [-0.39, 0.29) is 18.6 Å². The van der Waals surface area contributed by atoms with E-state index in [0.29, 0.717) is 0 Å². The SMILES string of the molecule is CC(c1ccccc1)C(CO)NC(=O)OC(C)(C)C. The van der Waals surface area contributed by atoms with Gasteiger partial charge < -0.3 is 15.2 Å². The fraction of sp³-hybridized carbons (Fsp3) is 0.533. The first-order chi connectivity index (χ1) is 8.83. The van der Waals surface area contributed by atoms with Gasteiger partial charge >= 0.3 is 6.09 Å². The zero-order chi connectivity index (χ0) is 14.5. The van der Waals surface area contributed by atoms with Gasteiger partial charge in [0, 0.05) is 5.92 Å². The number of amides is 1. The van der Waals surface area contributed by atoms with E-state index >= 15 is 0 Å². The van der Waals surface area contributed by atoms with Gasteiger partial charge in [0.25, 0.3) is 0 Å². The summed E-state index contributed by atoms with van der Waals surface area (Å²) in [6.45, 7) is 7.26. The molecule has 4 heteroatoms. The molecule has 4 nitrogen and oxygen atoms in total. The van der Waals surface area contributed by atoms with Gasteiger partial charge in [-0.1, -0.05) is 37.3 Å². The van der Waals surface area contributed by atoms with Crippen LogP contribution in [0.3, 0.4) is 0 Å². The average molecular weight is 265 g/mol. The average Bonchev–Trinajstić information content (AvgIpc) is 2.34. The van der Waals surface area contributed by atoms with Crippen LogP contribution in [0.5, 0.6) is 0 Å². The van der Waals surface area contributed by atoms with Crippen molar-refractivity contribution in [2.45, 2.75) is 45.3 Å². The molecule has 0 aromatic heterocycles. The highest BCUT2D eigenvalue weighted by atomic mass is 16.6. The van der Waals surface area contributed by atoms with Gasteiger partial charge in [-0.15, -0.1) is 0 Å². The number of ether oxygens (including phenoxy) is 1. The molecule has 1 aromatic rings. The van der Waals surface area contributed by atoms with Crippen molar-refractivity contribution >= 4 is 6.09 Å². The van der Waals surface area contributed by atoms with Gasteiger partial charge in [0.1, 0.15) is 5.60 Å². The van der Waals surface area contributed by atoms with Crippen molar-refractivity contribution in [2.24, 2.45) is 0 Å². The van der Waals surface area contributed by atoms with E-state index in [0.717, 1.165) is 5.56 Å². The summed E-state index contributed by atoms with van der Waals surface area (Å²) in [6, 6.07) is 9.40. The molecule has 0 aliphatic rings. The highest BCUT2D eigenvalue weighted by Crippen LogP contribution is 2.19. The van der Waals surface area contributed by atoms with Crippen LogP contribution < -0.4 is 5.32 Å². The second-order valence-electron chi connectivity index (χ2n) is 5.63. The largest absolute Gasteiger partial charge is 0.444 e. The zero-order valence-corrected chi connectivity index (χ0v) is 12.0. The highest BCUT2D eigenvalue weighted by Gasteiger charge is 2.23. The molecule has 0 fully saturated rings. The van der Waals surface area contributed by atoms with E-state index in [1.165, 1.54) is 0 Å². The van der Waals surface area contributed by atoms with Gasteiger partial charge in [-0.3, -0.25) is 0 Å². The third kappa shape index (κ3) is 5.30. The van der Waals surface area contributed by atoms with E-state index < -0.39 is 11.7 Å². The van der Waals surface area contributed by atoms with E-state index in [4.69, 9.17) is 4.74 Å². The first kappa shape index (κ1) is 15.5. The van der Waals surface area contributed by atoms with Crippen molar-refractivity contribution in [1.82, 2.24) is 5.32 Å². The Bertz CT molecular complexity index is 398. The second kappa shape index (κ2) is 6.57. The molecule has 2 N–H and O–H groups in total. The van der Waals surface area contributed by atoms with Crippen LogP contribution in [-0.2, 0) is 4.74 Å². The predicted octanol–water partition coefficient (Wildman–Crippen LogP) is 2.68. The van der Waals surface area contributed by atoms with E-state index in [1.54, 1.807) is 20.8 Å². The van der Waals surface area contributed by atoms with Gasteiger partial charge in [-0.2, -0.15) is 0 Å². The van der Waals surface area contributed by atoms with Crippen LogP contribution in [0.2, 0.25) is 0 Å². The Labute approximate surface area is 114 Å². The number of benzene rings is 1. The van der Waals surface area contributed by atoms with E-state index in [2.05, 4.69) is 5.32 Å². The monoisotopic (exact) mass is 265 g/mol. The number of hydrogen-bond donors (Lipinski definition) is 2. The van der Waals surface area contributed by atoms with Crippen LogP contribution in [0.25, 0.3) is 0 Å². The standard InChI is InChI=1S/C15H23NO3/c1-11(12-8-6-5-7-9-12)13(10-17)16-14(18)19-15(2,3)4/h5-9,11,13,17H,10H2,1-4H3,(H,16,18). The van der Waals surface area contributed by atoms with Crippen LogP contribution in [0.1, 0.15) is 39.2 Å². The lowest BCUT2D eigenvalue weighted by molar-refractivity contribution is 0.0473. The summed E-state index contributed by atoms with van der Waals surface area (Å²) in [7, 11) is 0. The van der Waals surface area contributed by atoms with Crippen LogP contribution in [0.15, 0.2) is 30.3 Å². The lowest BCUT2D eigenvalue weighted by atomic mass is 9.94. The van der Waals surface area contributed by atoms with Crippen LogP contribution >= 0.6 is 0 Å². The number of nitrogens with one attached hydrogen (secondary N) is 1. The summed E-state index contributed by atoms with van der Waals surface area (Å²) in [5.74, 6) is 0.0127. The molecule has 0 radical (unpaired) electrons. The number of rotatable bonds is 4. The third-order valence-electron chi connectivity index (χ3n) is 2.83. The van der Waals surface area contributed by atoms with Gasteiger partial charge in [-0.25, -0.2) is 4.79 Å². The third-order valence-corrected chi connectivity index (χ3v) is 2.83. The number of alkyl carbamates (subject to hydrolysis) is 1. The van der Waals surface area contributed by atoms with Gasteiger partial charge in [-0.05, 0) is 26.3 Å². The molecule has 19 heavy (non-hydrogen) atoms. The molecule has 1 amide bonds. The molecule has 0 saturated carbocycles. The van der Waals surface area contributed by atoms with Gasteiger partial charge in [0.2, 0.25) is 0 Å². The van der Waals surface area contributed by atoms with Crippen molar-refractivity contribution < 1.29 is 14.6 Å². The Morgan fingerprint density at radius 3 is 2.37 bits per heavy atom. The summed E-state index contributed by atoms with van der Waals surface area (Å²) in [5, 5.41) is 12.1. The molecular formula is C15H23NO3. The van der Waals surface area contributed by atoms with Crippen LogP contribution in [0, 0.1) is 0 Å². The molecule has 0 saturated heterocycles. The maximum absolute atomic E-state index is 11.7. The minimum atomic E-state index is -0.542. The Kier molecular flexibility index (Phi) is 5.36. The molecule has 1 rings (SSSR count). The Balaban J connectivity index is 2.66. The lowest BCUT2D eigenvalue weighted by Crippen LogP contribution is -2.43. The fourth-order valence-corrected chi connectivity index (χ4v) is 1.78. The van der Waals surface area contributed by atoms with Crippen molar-refractivity contribution in [3.8, 4) is 0 Å². The molecule has 0 aliphatic carbocycles. The second-order valence-corrected chi connectivity index (χ2v) is 5.63. The van der Waals surface area contributed by atoms with Gasteiger partial charge in [0.05, 0.1) is 12.6 Å². The Morgan fingerprint density at radius 2 is 1.89 bits per heavy atom. The summed E-state index contributed by atoms with van der Waals surface area (Å²) < 4.78 is 5.19. The molecule has 0 aliphatic heterocycles. The molecule has 2 atom stereocenters. The minimum absolute atomic E-state index is 0.0127. The highest BCUT2D eigenvalue weighted by molar-refractivity contribution is 5.68. The van der Waals surface area contributed by atoms with Crippen molar-refractivity contribution in [1.29, 1.82) is 0 Å². The zero-order valence-electron chi connectivity index (χ0n) is 12.0.